The molecule has 1 aliphatic heterocycles. The van der Waals surface area contributed by atoms with Gasteiger partial charge < -0.3 is 20.1 Å². The minimum atomic E-state index is -0.0934. The van der Waals surface area contributed by atoms with Gasteiger partial charge in [-0.05, 0) is 30.5 Å². The molecule has 1 aliphatic rings. The van der Waals surface area contributed by atoms with E-state index in [2.05, 4.69) is 10.6 Å². The minimum absolute atomic E-state index is 0.0934. The van der Waals surface area contributed by atoms with Gasteiger partial charge in [-0.2, -0.15) is 0 Å². The van der Waals surface area contributed by atoms with Gasteiger partial charge in [0.15, 0.2) is 0 Å². The highest BCUT2D eigenvalue weighted by atomic mass is 16.5. The smallest absolute Gasteiger partial charge is 0.238 e. The number of carbonyl (C=O) groups is 1. The van der Waals surface area contributed by atoms with E-state index in [1.165, 1.54) is 0 Å². The molecule has 2 aromatic carbocycles. The predicted molar refractivity (Wildman–Crippen MR) is 97.7 cm³/mol. The topological polar surface area (TPSA) is 59.6 Å². The van der Waals surface area contributed by atoms with Crippen molar-refractivity contribution in [2.45, 2.75) is 25.5 Å². The summed E-state index contributed by atoms with van der Waals surface area (Å²) in [7, 11) is 0. The van der Waals surface area contributed by atoms with Crippen molar-refractivity contribution < 1.29 is 14.3 Å². The van der Waals surface area contributed by atoms with Crippen LogP contribution < -0.4 is 15.4 Å². The van der Waals surface area contributed by atoms with Crippen LogP contribution in [0.5, 0.6) is 5.75 Å². The highest BCUT2D eigenvalue weighted by Gasteiger charge is 2.17. The molecule has 1 amide bonds. The van der Waals surface area contributed by atoms with Crippen LogP contribution >= 0.6 is 0 Å². The van der Waals surface area contributed by atoms with Crippen molar-refractivity contribution in [3.8, 4) is 5.75 Å². The maximum atomic E-state index is 12.2. The lowest BCUT2D eigenvalue weighted by atomic mass is 10.2. The van der Waals surface area contributed by atoms with Crippen molar-refractivity contribution in [1.82, 2.24) is 5.32 Å². The van der Waals surface area contributed by atoms with Crippen LogP contribution in [0, 0.1) is 0 Å². The number of carbonyl (C=O) groups excluding carboxylic acids is 1. The summed E-state index contributed by atoms with van der Waals surface area (Å²) in [6.45, 7) is 2.22. The SMILES string of the molecule is O=C(CNCc1ccccc1)Nc1ccccc1OCC1CCCO1. The van der Waals surface area contributed by atoms with Crippen molar-refractivity contribution in [2.24, 2.45) is 0 Å². The number of para-hydroxylation sites is 2. The second kappa shape index (κ2) is 9.20. The lowest BCUT2D eigenvalue weighted by Crippen LogP contribution is -2.28. The third kappa shape index (κ3) is 5.59. The van der Waals surface area contributed by atoms with E-state index in [1.54, 1.807) is 0 Å². The average Bonchev–Trinajstić information content (AvgIpc) is 3.15. The number of hydrogen-bond donors (Lipinski definition) is 2. The molecule has 0 saturated carbocycles. The quantitative estimate of drug-likeness (QED) is 0.776. The van der Waals surface area contributed by atoms with Gasteiger partial charge in [0.2, 0.25) is 5.91 Å². The summed E-state index contributed by atoms with van der Waals surface area (Å²) in [5, 5.41) is 6.05. The fourth-order valence-electron chi connectivity index (χ4n) is 2.76. The average molecular weight is 340 g/mol. The Morgan fingerprint density at radius 2 is 1.92 bits per heavy atom. The molecule has 0 aromatic heterocycles. The molecule has 2 N–H and O–H groups in total. The highest BCUT2D eigenvalue weighted by molar-refractivity contribution is 5.93. The minimum Gasteiger partial charge on any atom is -0.489 e. The van der Waals surface area contributed by atoms with E-state index >= 15 is 0 Å². The molecular formula is C20H24N2O3. The number of ether oxygens (including phenoxy) is 2. The summed E-state index contributed by atoms with van der Waals surface area (Å²) >= 11 is 0. The summed E-state index contributed by atoms with van der Waals surface area (Å²) in [4.78, 5) is 12.2. The Balaban J connectivity index is 1.47. The number of amides is 1. The second-order valence-electron chi connectivity index (χ2n) is 6.08. The number of rotatable bonds is 8. The molecule has 2 aromatic rings. The summed E-state index contributed by atoms with van der Waals surface area (Å²) < 4.78 is 11.4. The van der Waals surface area contributed by atoms with Crippen LogP contribution in [0.3, 0.4) is 0 Å². The molecule has 1 heterocycles. The molecule has 25 heavy (non-hydrogen) atoms. The van der Waals surface area contributed by atoms with E-state index in [0.29, 0.717) is 24.6 Å². The van der Waals surface area contributed by atoms with Crippen LogP contribution in [0.2, 0.25) is 0 Å². The van der Waals surface area contributed by atoms with Gasteiger partial charge in [0.25, 0.3) is 0 Å². The third-order valence-electron chi connectivity index (χ3n) is 4.07. The van der Waals surface area contributed by atoms with E-state index in [-0.39, 0.29) is 18.6 Å². The Hall–Kier alpha value is -2.37. The van der Waals surface area contributed by atoms with Crippen LogP contribution in [0.4, 0.5) is 5.69 Å². The Morgan fingerprint density at radius 1 is 1.12 bits per heavy atom. The normalized spacial score (nSPS) is 16.6. The molecule has 0 bridgehead atoms. The molecule has 1 atom stereocenters. The van der Waals surface area contributed by atoms with E-state index in [1.807, 2.05) is 54.6 Å². The van der Waals surface area contributed by atoms with Gasteiger partial charge in [-0.1, -0.05) is 42.5 Å². The first-order valence-electron chi connectivity index (χ1n) is 8.69. The number of hydrogen-bond acceptors (Lipinski definition) is 4. The fraction of sp³-hybridized carbons (Fsp3) is 0.350. The van der Waals surface area contributed by atoms with Gasteiger partial charge in [-0.15, -0.1) is 0 Å². The van der Waals surface area contributed by atoms with Crippen LogP contribution in [0.25, 0.3) is 0 Å². The molecule has 132 valence electrons. The molecule has 1 saturated heterocycles. The number of nitrogens with one attached hydrogen (secondary N) is 2. The number of anilines is 1. The third-order valence-corrected chi connectivity index (χ3v) is 4.07. The van der Waals surface area contributed by atoms with Gasteiger partial charge >= 0.3 is 0 Å². The van der Waals surface area contributed by atoms with Crippen molar-refractivity contribution in [3.05, 3.63) is 60.2 Å². The predicted octanol–water partition coefficient (Wildman–Crippen LogP) is 2.97. The zero-order valence-corrected chi connectivity index (χ0v) is 14.2. The molecule has 3 rings (SSSR count). The van der Waals surface area contributed by atoms with Crippen LogP contribution in [0.15, 0.2) is 54.6 Å². The zero-order valence-electron chi connectivity index (χ0n) is 14.2. The molecule has 1 unspecified atom stereocenters. The molecule has 1 fully saturated rings. The molecule has 5 heteroatoms. The van der Waals surface area contributed by atoms with Gasteiger partial charge in [0.05, 0.1) is 18.3 Å². The molecular weight excluding hydrogens is 316 g/mol. The Kier molecular flexibility index (Phi) is 6.42. The maximum Gasteiger partial charge on any atom is 0.238 e. The van der Waals surface area contributed by atoms with Gasteiger partial charge in [-0.25, -0.2) is 0 Å². The van der Waals surface area contributed by atoms with Crippen LogP contribution in [-0.2, 0) is 16.1 Å². The van der Waals surface area contributed by atoms with Crippen molar-refractivity contribution >= 4 is 11.6 Å². The molecule has 0 radical (unpaired) electrons. The van der Waals surface area contributed by atoms with Gasteiger partial charge in [0.1, 0.15) is 12.4 Å². The molecule has 0 spiro atoms. The Labute approximate surface area is 148 Å². The number of benzene rings is 2. The second-order valence-corrected chi connectivity index (χ2v) is 6.08. The van der Waals surface area contributed by atoms with Crippen LogP contribution in [0.1, 0.15) is 18.4 Å². The first-order chi connectivity index (χ1) is 12.3. The van der Waals surface area contributed by atoms with E-state index < -0.39 is 0 Å². The van der Waals surface area contributed by atoms with Gasteiger partial charge in [-0.3, -0.25) is 4.79 Å². The standard InChI is InChI=1S/C20H24N2O3/c23-20(14-21-13-16-7-2-1-3-8-16)22-18-10-4-5-11-19(18)25-15-17-9-6-12-24-17/h1-5,7-8,10-11,17,21H,6,9,12-15H2,(H,22,23). The Morgan fingerprint density at radius 3 is 2.72 bits per heavy atom. The largest absolute Gasteiger partial charge is 0.489 e. The molecule has 5 nitrogen and oxygen atoms in total. The summed E-state index contributed by atoms with van der Waals surface area (Å²) in [6.07, 6.45) is 2.26. The maximum absolute atomic E-state index is 12.2. The summed E-state index contributed by atoms with van der Waals surface area (Å²) in [5.41, 5.74) is 1.84. The summed E-state index contributed by atoms with van der Waals surface area (Å²) in [5.74, 6) is 0.582. The summed E-state index contributed by atoms with van der Waals surface area (Å²) in [6, 6.07) is 17.5. The van der Waals surface area contributed by atoms with Crippen molar-refractivity contribution in [3.63, 3.8) is 0 Å². The first-order valence-corrected chi connectivity index (χ1v) is 8.69. The van der Waals surface area contributed by atoms with Gasteiger partial charge in [0, 0.05) is 13.2 Å². The molecule has 0 aliphatic carbocycles. The van der Waals surface area contributed by atoms with Crippen LogP contribution in [-0.4, -0.2) is 31.8 Å². The Bertz CT molecular complexity index is 670. The van der Waals surface area contributed by atoms with Crippen molar-refractivity contribution in [2.75, 3.05) is 25.1 Å². The monoisotopic (exact) mass is 340 g/mol. The lowest BCUT2D eigenvalue weighted by Gasteiger charge is -2.15. The van der Waals surface area contributed by atoms with E-state index in [4.69, 9.17) is 9.47 Å². The van der Waals surface area contributed by atoms with E-state index in [9.17, 15) is 4.79 Å². The fourth-order valence-corrected chi connectivity index (χ4v) is 2.76. The van der Waals surface area contributed by atoms with Crippen molar-refractivity contribution in [1.29, 1.82) is 0 Å². The highest BCUT2D eigenvalue weighted by Crippen LogP contribution is 2.25. The lowest BCUT2D eigenvalue weighted by molar-refractivity contribution is -0.115. The first kappa shape index (κ1) is 17.5. The zero-order chi connectivity index (χ0) is 17.3. The van der Waals surface area contributed by atoms with E-state index in [0.717, 1.165) is 25.0 Å².